The van der Waals surface area contributed by atoms with Crippen molar-refractivity contribution in [2.75, 3.05) is 20.2 Å². The van der Waals surface area contributed by atoms with Gasteiger partial charge < -0.3 is 4.74 Å². The highest BCUT2D eigenvalue weighted by Gasteiger charge is 2.24. The van der Waals surface area contributed by atoms with Gasteiger partial charge in [0.05, 0.1) is 6.54 Å². The molecule has 0 radical (unpaired) electrons. The molecule has 0 aromatic heterocycles. The van der Waals surface area contributed by atoms with Crippen LogP contribution in [0.5, 0.6) is 0 Å². The number of cyclic esters (lactones) is 1. The second-order valence-corrected chi connectivity index (χ2v) is 3.07. The number of hydrogen-bond donors (Lipinski definition) is 0. The molecule has 0 bridgehead atoms. The maximum Gasteiger partial charge on any atom is 0.415 e. The van der Waals surface area contributed by atoms with E-state index in [4.69, 9.17) is 4.74 Å². The van der Waals surface area contributed by atoms with Crippen molar-refractivity contribution in [3.8, 4) is 0 Å². The Morgan fingerprint density at radius 2 is 2.31 bits per heavy atom. The van der Waals surface area contributed by atoms with E-state index in [-0.39, 0.29) is 6.09 Å². The van der Waals surface area contributed by atoms with Crippen LogP contribution in [-0.2, 0) is 4.74 Å². The van der Waals surface area contributed by atoms with E-state index in [0.717, 1.165) is 5.57 Å². The molecule has 0 unspecified atom stereocenters. The van der Waals surface area contributed by atoms with Crippen LogP contribution < -0.4 is 0 Å². The number of rotatable bonds is 1. The molecule has 1 fully saturated rings. The van der Waals surface area contributed by atoms with Crippen molar-refractivity contribution >= 4 is 11.9 Å². The van der Waals surface area contributed by atoms with Crippen molar-refractivity contribution in [2.45, 2.75) is 13.8 Å². The van der Waals surface area contributed by atoms with Gasteiger partial charge in [-0.3, -0.25) is 9.89 Å². The minimum absolute atomic E-state index is 0.307. The highest BCUT2D eigenvalue weighted by Crippen LogP contribution is 2.06. The van der Waals surface area contributed by atoms with Crippen LogP contribution in [0.2, 0.25) is 0 Å². The normalized spacial score (nSPS) is 17.3. The topological polar surface area (TPSA) is 41.9 Å². The molecule has 13 heavy (non-hydrogen) atoms. The largest absolute Gasteiger partial charge is 0.447 e. The highest BCUT2D eigenvalue weighted by atomic mass is 16.6. The minimum atomic E-state index is -0.307. The summed E-state index contributed by atoms with van der Waals surface area (Å²) in [6, 6.07) is 0. The molecule has 0 spiro atoms. The van der Waals surface area contributed by atoms with E-state index >= 15 is 0 Å². The van der Waals surface area contributed by atoms with Crippen molar-refractivity contribution in [3.05, 3.63) is 11.6 Å². The fraction of sp³-hybridized carbons (Fsp3) is 0.556. The zero-order valence-electron chi connectivity index (χ0n) is 8.20. The first-order valence-corrected chi connectivity index (χ1v) is 4.21. The molecule has 1 saturated heterocycles. The Bertz CT molecular complexity index is 265. The lowest BCUT2D eigenvalue weighted by Crippen LogP contribution is -2.30. The summed E-state index contributed by atoms with van der Waals surface area (Å²) >= 11 is 0. The maximum absolute atomic E-state index is 11.1. The van der Waals surface area contributed by atoms with Gasteiger partial charge in [0, 0.05) is 7.05 Å². The molecule has 0 atom stereocenters. The summed E-state index contributed by atoms with van der Waals surface area (Å²) in [5, 5.41) is 0. The molecular formula is C9H14N2O2. The Kier molecular flexibility index (Phi) is 3.06. The first-order valence-electron chi connectivity index (χ1n) is 4.21. The number of carbonyl (C=O) groups excluding carboxylic acids is 1. The smallest absolute Gasteiger partial charge is 0.415 e. The van der Waals surface area contributed by atoms with E-state index < -0.39 is 0 Å². The second-order valence-electron chi connectivity index (χ2n) is 3.07. The van der Waals surface area contributed by atoms with Crippen LogP contribution in [0.3, 0.4) is 0 Å². The highest BCUT2D eigenvalue weighted by molar-refractivity contribution is 6.03. The van der Waals surface area contributed by atoms with Crippen molar-refractivity contribution < 1.29 is 9.53 Å². The quantitative estimate of drug-likeness (QED) is 0.454. The van der Waals surface area contributed by atoms with Gasteiger partial charge >= 0.3 is 6.09 Å². The van der Waals surface area contributed by atoms with E-state index in [1.807, 2.05) is 19.9 Å². The van der Waals surface area contributed by atoms with Crippen molar-refractivity contribution in [1.82, 2.24) is 4.90 Å². The molecule has 1 rings (SSSR count). The molecule has 1 amide bonds. The predicted octanol–water partition coefficient (Wildman–Crippen LogP) is 1.43. The molecule has 72 valence electrons. The van der Waals surface area contributed by atoms with Crippen molar-refractivity contribution in [3.63, 3.8) is 0 Å². The van der Waals surface area contributed by atoms with E-state index in [1.165, 1.54) is 4.90 Å². The average molecular weight is 182 g/mol. The molecule has 0 aromatic carbocycles. The third kappa shape index (κ3) is 2.31. The van der Waals surface area contributed by atoms with E-state index in [1.54, 1.807) is 7.05 Å². The Morgan fingerprint density at radius 1 is 1.62 bits per heavy atom. The van der Waals surface area contributed by atoms with Crippen LogP contribution in [0.15, 0.2) is 16.6 Å². The number of amidine groups is 1. The summed E-state index contributed by atoms with van der Waals surface area (Å²) in [7, 11) is 1.67. The third-order valence-corrected chi connectivity index (χ3v) is 1.68. The van der Waals surface area contributed by atoms with Crippen LogP contribution in [0.4, 0.5) is 4.79 Å². The van der Waals surface area contributed by atoms with Crippen LogP contribution in [0.25, 0.3) is 0 Å². The van der Waals surface area contributed by atoms with E-state index in [0.29, 0.717) is 19.0 Å². The molecule has 4 heteroatoms. The summed E-state index contributed by atoms with van der Waals surface area (Å²) in [4.78, 5) is 16.7. The van der Waals surface area contributed by atoms with Gasteiger partial charge in [0.1, 0.15) is 12.4 Å². The summed E-state index contributed by atoms with van der Waals surface area (Å²) in [5.74, 6) is 0.669. The molecule has 1 heterocycles. The van der Waals surface area contributed by atoms with Gasteiger partial charge in [0.2, 0.25) is 0 Å². The fourth-order valence-corrected chi connectivity index (χ4v) is 1.12. The third-order valence-electron chi connectivity index (χ3n) is 1.68. The van der Waals surface area contributed by atoms with Crippen molar-refractivity contribution in [2.24, 2.45) is 4.99 Å². The number of aliphatic imine (C=N–C) groups is 1. The van der Waals surface area contributed by atoms with Gasteiger partial charge in [-0.05, 0) is 19.9 Å². The SMILES string of the molecule is CN=C(C=C(C)C)N1CCOC1=O. The molecule has 0 saturated carbocycles. The first-order chi connectivity index (χ1) is 6.15. The van der Waals surface area contributed by atoms with Gasteiger partial charge in [0.25, 0.3) is 0 Å². The Hall–Kier alpha value is -1.32. The second kappa shape index (κ2) is 4.07. The Labute approximate surface area is 77.9 Å². The number of ether oxygens (including phenoxy) is 1. The van der Waals surface area contributed by atoms with Crippen LogP contribution in [-0.4, -0.2) is 37.0 Å². The monoisotopic (exact) mass is 182 g/mol. The summed E-state index contributed by atoms with van der Waals surface area (Å²) in [6.07, 6.45) is 1.56. The van der Waals surface area contributed by atoms with Gasteiger partial charge in [-0.25, -0.2) is 4.79 Å². The molecule has 0 N–H and O–H groups in total. The average Bonchev–Trinajstić information content (AvgIpc) is 2.47. The first kappa shape index (κ1) is 9.77. The number of carbonyl (C=O) groups is 1. The number of nitrogens with zero attached hydrogens (tertiary/aromatic N) is 2. The van der Waals surface area contributed by atoms with E-state index in [9.17, 15) is 4.79 Å². The molecule has 1 aliphatic heterocycles. The lowest BCUT2D eigenvalue weighted by Gasteiger charge is -2.11. The lowest BCUT2D eigenvalue weighted by atomic mass is 10.3. The van der Waals surface area contributed by atoms with Gasteiger partial charge in [-0.15, -0.1) is 0 Å². The van der Waals surface area contributed by atoms with E-state index in [2.05, 4.69) is 4.99 Å². The van der Waals surface area contributed by atoms with Crippen molar-refractivity contribution in [1.29, 1.82) is 0 Å². The van der Waals surface area contributed by atoms with Gasteiger partial charge in [-0.1, -0.05) is 5.57 Å². The van der Waals surface area contributed by atoms with Gasteiger partial charge in [0.15, 0.2) is 0 Å². The molecular weight excluding hydrogens is 168 g/mol. The summed E-state index contributed by atoms with van der Waals surface area (Å²) in [6.45, 7) is 4.98. The molecule has 0 aliphatic carbocycles. The zero-order chi connectivity index (χ0) is 9.84. The fourth-order valence-electron chi connectivity index (χ4n) is 1.12. The zero-order valence-corrected chi connectivity index (χ0v) is 8.20. The lowest BCUT2D eigenvalue weighted by molar-refractivity contribution is 0.168. The van der Waals surface area contributed by atoms with Gasteiger partial charge in [-0.2, -0.15) is 0 Å². The Balaban J connectivity index is 2.79. The van der Waals surface area contributed by atoms with Crippen LogP contribution in [0.1, 0.15) is 13.8 Å². The standard InChI is InChI=1S/C9H14N2O2/c1-7(2)6-8(10-3)11-4-5-13-9(11)12/h6H,4-5H2,1-3H3. The number of allylic oxidation sites excluding steroid dienone is 1. The number of hydrogen-bond acceptors (Lipinski definition) is 3. The minimum Gasteiger partial charge on any atom is -0.447 e. The van der Waals surface area contributed by atoms with Crippen LogP contribution >= 0.6 is 0 Å². The molecule has 4 nitrogen and oxygen atoms in total. The Morgan fingerprint density at radius 3 is 2.69 bits per heavy atom. The summed E-state index contributed by atoms with van der Waals surface area (Å²) < 4.78 is 4.81. The number of amides is 1. The molecule has 1 aliphatic rings. The van der Waals surface area contributed by atoms with Crippen LogP contribution in [0, 0.1) is 0 Å². The maximum atomic E-state index is 11.1. The predicted molar refractivity (Wildman–Crippen MR) is 50.8 cm³/mol. The molecule has 0 aromatic rings. The summed E-state index contributed by atoms with van der Waals surface area (Å²) in [5.41, 5.74) is 1.11.